The minimum absolute atomic E-state index is 0.227. The van der Waals surface area contributed by atoms with Gasteiger partial charge in [0.05, 0.1) is 0 Å². The van der Waals surface area contributed by atoms with Crippen LogP contribution in [-0.4, -0.2) is 25.8 Å². The first kappa shape index (κ1) is 30.2. The average molecular weight is 544 g/mol. The third-order valence-electron chi connectivity index (χ3n) is 7.42. The Morgan fingerprint density at radius 2 is 0.951 bits per heavy atom. The van der Waals surface area contributed by atoms with E-state index >= 15 is 0 Å². The first-order valence-electron chi connectivity index (χ1n) is 14.3. The molecule has 4 rings (SSSR count). The molecule has 206 valence electrons. The Morgan fingerprint density at radius 3 is 1.32 bits per heavy atom. The van der Waals surface area contributed by atoms with Crippen molar-refractivity contribution in [3.05, 3.63) is 142 Å². The van der Waals surface area contributed by atoms with Gasteiger partial charge in [0.25, 0.3) is 0 Å². The van der Waals surface area contributed by atoms with Gasteiger partial charge in [0, 0.05) is 11.8 Å². The third-order valence-corrected chi connectivity index (χ3v) is 7.42. The fraction of sp³-hybridized carbons (Fsp3) is 0.257. The van der Waals surface area contributed by atoms with Gasteiger partial charge in [-0.1, -0.05) is 116 Å². The molecule has 0 bridgehead atoms. The largest absolute Gasteiger partial charge is 0.319 e. The highest BCUT2D eigenvalue weighted by atomic mass is 19.1. The molecule has 4 aromatic carbocycles. The second kappa shape index (κ2) is 14.7. The predicted molar refractivity (Wildman–Crippen MR) is 169 cm³/mol. The summed E-state index contributed by atoms with van der Waals surface area (Å²) in [4.78, 5) is 0. The number of hydrogen-bond acceptors (Lipinski definition) is 2. The standard InChI is InChI=1S/C35H36B2F2N2/c1-24-8-6-10-28(22-24)32(26-12-16-30(38)17-13-26)34(40)36-20-4-3-5-21-37-35(41)33(27-14-18-31(39)19-15-27)29-11-7-9-25(2)23-29/h6-19,22-23,32-33,40-41H,3-5,20-21H2,1-2H3. The van der Waals surface area contributed by atoms with E-state index in [4.69, 9.17) is 10.8 Å². The molecule has 2 atom stereocenters. The van der Waals surface area contributed by atoms with Crippen LogP contribution in [-0.2, 0) is 0 Å². The molecule has 2 radical (unpaired) electrons. The number of aryl methyl sites for hydroxylation is 2. The summed E-state index contributed by atoms with van der Waals surface area (Å²) in [5.41, 5.74) is 7.21. The van der Waals surface area contributed by atoms with E-state index in [2.05, 4.69) is 12.1 Å². The van der Waals surface area contributed by atoms with Crippen LogP contribution in [0, 0.1) is 36.3 Å². The van der Waals surface area contributed by atoms with Gasteiger partial charge in [0.2, 0.25) is 0 Å². The van der Waals surface area contributed by atoms with Crippen LogP contribution in [0.1, 0.15) is 64.5 Å². The van der Waals surface area contributed by atoms with E-state index < -0.39 is 0 Å². The van der Waals surface area contributed by atoms with Gasteiger partial charge in [-0.2, -0.15) is 0 Å². The molecule has 6 heteroatoms. The quantitative estimate of drug-likeness (QED) is 0.0905. The zero-order valence-corrected chi connectivity index (χ0v) is 23.8. The Balaban J connectivity index is 1.28. The molecule has 0 aliphatic carbocycles. The van der Waals surface area contributed by atoms with Gasteiger partial charge >= 0.3 is 0 Å². The average Bonchev–Trinajstić information content (AvgIpc) is 2.95. The van der Waals surface area contributed by atoms with Crippen molar-refractivity contribution in [1.29, 1.82) is 10.8 Å². The van der Waals surface area contributed by atoms with Crippen molar-refractivity contribution >= 4 is 25.8 Å². The molecule has 4 aromatic rings. The summed E-state index contributed by atoms with van der Waals surface area (Å²) in [6, 6.07) is 29.2. The summed E-state index contributed by atoms with van der Waals surface area (Å²) < 4.78 is 27.1. The number of nitrogens with one attached hydrogen (secondary N) is 2. The van der Waals surface area contributed by atoms with Crippen LogP contribution >= 0.6 is 0 Å². The summed E-state index contributed by atoms with van der Waals surface area (Å²) in [6.45, 7) is 4.08. The van der Waals surface area contributed by atoms with Crippen LogP contribution in [0.2, 0.25) is 12.6 Å². The zero-order valence-electron chi connectivity index (χ0n) is 23.8. The summed E-state index contributed by atoms with van der Waals surface area (Å²) in [7, 11) is 3.98. The van der Waals surface area contributed by atoms with Crippen LogP contribution < -0.4 is 0 Å². The molecule has 2 nitrogen and oxygen atoms in total. The summed E-state index contributed by atoms with van der Waals surface area (Å²) in [6.07, 6.45) is 4.48. The maximum Gasteiger partial charge on any atom is 0.172 e. The van der Waals surface area contributed by atoms with Crippen molar-refractivity contribution in [2.75, 3.05) is 0 Å². The first-order valence-corrected chi connectivity index (χ1v) is 14.3. The minimum atomic E-state index is -0.278. The maximum atomic E-state index is 13.6. The molecule has 0 aromatic heterocycles. The summed E-state index contributed by atoms with van der Waals surface area (Å²) in [5, 5.41) is 17.7. The molecule has 0 spiro atoms. The van der Waals surface area contributed by atoms with E-state index in [-0.39, 0.29) is 23.5 Å². The highest BCUT2D eigenvalue weighted by Crippen LogP contribution is 2.29. The van der Waals surface area contributed by atoms with Gasteiger partial charge in [-0.3, -0.25) is 0 Å². The Bertz CT molecular complexity index is 1340. The third kappa shape index (κ3) is 8.60. The predicted octanol–water partition coefficient (Wildman–Crippen LogP) is 8.92. The maximum absolute atomic E-state index is 13.6. The lowest BCUT2D eigenvalue weighted by Crippen LogP contribution is -2.20. The second-order valence-electron chi connectivity index (χ2n) is 10.8. The molecule has 41 heavy (non-hydrogen) atoms. The number of unbranched alkanes of at least 4 members (excludes halogenated alkanes) is 2. The van der Waals surface area contributed by atoms with Crippen molar-refractivity contribution in [2.45, 2.75) is 57.6 Å². The van der Waals surface area contributed by atoms with Crippen molar-refractivity contribution in [1.82, 2.24) is 0 Å². The molecular weight excluding hydrogens is 508 g/mol. The van der Waals surface area contributed by atoms with Crippen LogP contribution in [0.15, 0.2) is 97.1 Å². The lowest BCUT2D eigenvalue weighted by atomic mass is 9.60. The van der Waals surface area contributed by atoms with Gasteiger partial charge in [0.15, 0.2) is 14.6 Å². The molecule has 0 aliphatic heterocycles. The van der Waals surface area contributed by atoms with E-state index in [1.54, 1.807) is 24.3 Å². The van der Waals surface area contributed by atoms with E-state index in [1.165, 1.54) is 24.3 Å². The molecule has 0 heterocycles. The molecule has 0 saturated heterocycles. The summed E-state index contributed by atoms with van der Waals surface area (Å²) >= 11 is 0. The Labute approximate surface area is 244 Å². The zero-order chi connectivity index (χ0) is 29.2. The number of halogens is 2. The Hall–Kier alpha value is -3.79. The van der Waals surface area contributed by atoms with Gasteiger partial charge in [-0.05, 0) is 71.6 Å². The second-order valence-corrected chi connectivity index (χ2v) is 10.8. The fourth-order valence-corrected chi connectivity index (χ4v) is 5.33. The van der Waals surface area contributed by atoms with E-state index in [1.807, 2.05) is 64.8 Å². The lowest BCUT2D eigenvalue weighted by Gasteiger charge is -2.20. The molecule has 0 saturated carbocycles. The van der Waals surface area contributed by atoms with Gasteiger partial charge in [-0.15, -0.1) is 0 Å². The SMILES string of the molecule is Cc1cccc(C(C(=N)[B]CCCCC[B]C(=N)C(c2ccc(F)cc2)c2cccc(C)c2)c2ccc(F)cc2)c1. The molecule has 0 amide bonds. The molecule has 0 aliphatic rings. The smallest absolute Gasteiger partial charge is 0.172 e. The Morgan fingerprint density at radius 1 is 0.561 bits per heavy atom. The van der Waals surface area contributed by atoms with Crippen molar-refractivity contribution in [2.24, 2.45) is 0 Å². The normalized spacial score (nSPS) is 12.4. The number of benzene rings is 4. The van der Waals surface area contributed by atoms with Crippen LogP contribution in [0.3, 0.4) is 0 Å². The fourth-order valence-electron chi connectivity index (χ4n) is 5.33. The molecule has 0 fully saturated rings. The monoisotopic (exact) mass is 544 g/mol. The lowest BCUT2D eigenvalue weighted by molar-refractivity contribution is 0.626. The minimum Gasteiger partial charge on any atom is -0.319 e. The van der Waals surface area contributed by atoms with Gasteiger partial charge in [0.1, 0.15) is 11.6 Å². The topological polar surface area (TPSA) is 47.7 Å². The highest BCUT2D eigenvalue weighted by molar-refractivity contribution is 6.76. The first-order chi connectivity index (χ1) is 19.8. The summed E-state index contributed by atoms with van der Waals surface area (Å²) in [5.74, 6) is -1.01. The molecular formula is C35H36B2F2N2. The van der Waals surface area contributed by atoms with Crippen molar-refractivity contribution in [3.8, 4) is 0 Å². The Kier molecular flexibility index (Phi) is 10.8. The van der Waals surface area contributed by atoms with E-state index in [0.29, 0.717) is 11.2 Å². The number of rotatable bonds is 14. The van der Waals surface area contributed by atoms with E-state index in [0.717, 1.165) is 65.3 Å². The van der Waals surface area contributed by atoms with Crippen LogP contribution in [0.4, 0.5) is 8.78 Å². The number of hydrogen-bond donors (Lipinski definition) is 2. The van der Waals surface area contributed by atoms with Gasteiger partial charge < -0.3 is 10.8 Å². The van der Waals surface area contributed by atoms with Gasteiger partial charge in [-0.25, -0.2) is 8.78 Å². The van der Waals surface area contributed by atoms with Crippen molar-refractivity contribution < 1.29 is 8.78 Å². The van der Waals surface area contributed by atoms with Crippen LogP contribution in [0.5, 0.6) is 0 Å². The highest BCUT2D eigenvalue weighted by Gasteiger charge is 2.21. The molecule has 2 N–H and O–H groups in total. The molecule has 2 unspecified atom stereocenters. The van der Waals surface area contributed by atoms with Crippen molar-refractivity contribution in [3.63, 3.8) is 0 Å². The van der Waals surface area contributed by atoms with E-state index in [9.17, 15) is 8.78 Å². The van der Waals surface area contributed by atoms with Crippen LogP contribution in [0.25, 0.3) is 0 Å².